The van der Waals surface area contributed by atoms with E-state index in [-0.39, 0.29) is 0 Å². The number of pyridine rings is 1. The second kappa shape index (κ2) is 4.09. The van der Waals surface area contributed by atoms with E-state index in [9.17, 15) is 4.79 Å². The number of benzene rings is 1. The summed E-state index contributed by atoms with van der Waals surface area (Å²) in [5, 5.41) is 0.947. The Labute approximate surface area is 87.7 Å². The van der Waals surface area contributed by atoms with E-state index >= 15 is 0 Å². The van der Waals surface area contributed by atoms with Crippen LogP contribution in [0.5, 0.6) is 5.75 Å². The van der Waals surface area contributed by atoms with Crippen molar-refractivity contribution in [1.82, 2.24) is 4.98 Å². The molecule has 3 nitrogen and oxygen atoms in total. The van der Waals surface area contributed by atoms with Gasteiger partial charge in [-0.05, 0) is 25.1 Å². The summed E-state index contributed by atoms with van der Waals surface area (Å²) in [4.78, 5) is 14.7. The molecule has 1 heterocycles. The summed E-state index contributed by atoms with van der Waals surface area (Å²) in [6, 6.07) is 7.46. The lowest BCUT2D eigenvalue weighted by Crippen LogP contribution is -1.92. The van der Waals surface area contributed by atoms with Gasteiger partial charge in [0.15, 0.2) is 6.29 Å². The van der Waals surface area contributed by atoms with E-state index in [0.29, 0.717) is 12.2 Å². The summed E-state index contributed by atoms with van der Waals surface area (Å²) in [7, 11) is 0. The summed E-state index contributed by atoms with van der Waals surface area (Å²) < 4.78 is 5.36. The van der Waals surface area contributed by atoms with Crippen LogP contribution in [-0.2, 0) is 0 Å². The van der Waals surface area contributed by atoms with E-state index < -0.39 is 0 Å². The first kappa shape index (κ1) is 9.65. The molecule has 3 heteroatoms. The molecule has 0 amide bonds. The van der Waals surface area contributed by atoms with Crippen molar-refractivity contribution in [3.63, 3.8) is 0 Å². The number of hydrogen-bond acceptors (Lipinski definition) is 3. The van der Waals surface area contributed by atoms with Crippen LogP contribution < -0.4 is 4.74 Å². The molecule has 0 atom stereocenters. The molecule has 0 aliphatic carbocycles. The van der Waals surface area contributed by atoms with E-state index in [4.69, 9.17) is 4.74 Å². The molecule has 0 aliphatic heterocycles. The highest BCUT2D eigenvalue weighted by Gasteiger charge is 1.99. The average Bonchev–Trinajstić information content (AvgIpc) is 2.29. The normalized spacial score (nSPS) is 10.2. The first-order valence-electron chi connectivity index (χ1n) is 4.81. The first-order chi connectivity index (χ1) is 7.33. The molecule has 2 aromatic rings. The Morgan fingerprint density at radius 3 is 3.00 bits per heavy atom. The van der Waals surface area contributed by atoms with Crippen molar-refractivity contribution in [2.24, 2.45) is 0 Å². The van der Waals surface area contributed by atoms with Gasteiger partial charge >= 0.3 is 0 Å². The van der Waals surface area contributed by atoms with Crippen LogP contribution in [0.25, 0.3) is 10.9 Å². The molecule has 76 valence electrons. The number of carbonyl (C=O) groups excluding carboxylic acids is 1. The summed E-state index contributed by atoms with van der Waals surface area (Å²) in [5.41, 5.74) is 1.43. The maximum absolute atomic E-state index is 10.6. The molecular weight excluding hydrogens is 190 g/mol. The third-order valence-corrected chi connectivity index (χ3v) is 2.12. The second-order valence-corrected chi connectivity index (χ2v) is 3.17. The topological polar surface area (TPSA) is 39.2 Å². The highest BCUT2D eigenvalue weighted by molar-refractivity contribution is 5.86. The Balaban J connectivity index is 2.49. The van der Waals surface area contributed by atoms with Crippen molar-refractivity contribution in [3.8, 4) is 5.75 Å². The molecule has 0 unspecified atom stereocenters. The van der Waals surface area contributed by atoms with Crippen molar-refractivity contribution in [1.29, 1.82) is 0 Å². The van der Waals surface area contributed by atoms with Gasteiger partial charge in [0.2, 0.25) is 0 Å². The number of ether oxygens (including phenoxy) is 1. The number of hydrogen-bond donors (Lipinski definition) is 0. The molecule has 15 heavy (non-hydrogen) atoms. The number of aromatic nitrogens is 1. The minimum absolute atomic E-state index is 0.589. The Bertz CT molecular complexity index is 494. The molecular formula is C12H11NO2. The number of fused-ring (bicyclic) bond motifs is 1. The van der Waals surface area contributed by atoms with E-state index in [1.165, 1.54) is 0 Å². The standard InChI is InChI=1S/C12H11NO2/c1-2-15-11-4-3-10-5-9(8-14)7-13-12(10)6-11/h3-8H,2H2,1H3. The summed E-state index contributed by atoms with van der Waals surface area (Å²) in [6.07, 6.45) is 2.36. The lowest BCUT2D eigenvalue weighted by atomic mass is 10.1. The van der Waals surface area contributed by atoms with Crippen LogP contribution >= 0.6 is 0 Å². The van der Waals surface area contributed by atoms with Gasteiger partial charge in [-0.25, -0.2) is 0 Å². The van der Waals surface area contributed by atoms with Crippen molar-refractivity contribution in [2.75, 3.05) is 6.61 Å². The molecule has 0 bridgehead atoms. The van der Waals surface area contributed by atoms with Crippen molar-refractivity contribution >= 4 is 17.2 Å². The minimum atomic E-state index is 0.589. The van der Waals surface area contributed by atoms with Gasteiger partial charge < -0.3 is 4.74 Å². The largest absolute Gasteiger partial charge is 0.494 e. The maximum atomic E-state index is 10.6. The lowest BCUT2D eigenvalue weighted by molar-refractivity contribution is 0.112. The molecule has 2 rings (SSSR count). The summed E-state index contributed by atoms with van der Waals surface area (Å²) in [5.74, 6) is 0.802. The van der Waals surface area contributed by atoms with Gasteiger partial charge in [0.1, 0.15) is 5.75 Å². The summed E-state index contributed by atoms with van der Waals surface area (Å²) in [6.45, 7) is 2.57. The number of carbonyl (C=O) groups is 1. The monoisotopic (exact) mass is 201 g/mol. The minimum Gasteiger partial charge on any atom is -0.494 e. The van der Waals surface area contributed by atoms with Crippen LogP contribution in [0.15, 0.2) is 30.5 Å². The van der Waals surface area contributed by atoms with Crippen molar-refractivity contribution in [2.45, 2.75) is 6.92 Å². The molecule has 0 saturated heterocycles. The fourth-order valence-electron chi connectivity index (χ4n) is 1.44. The van der Waals surface area contributed by atoms with Crippen LogP contribution in [0, 0.1) is 0 Å². The van der Waals surface area contributed by atoms with Crippen LogP contribution in [0.2, 0.25) is 0 Å². The van der Waals surface area contributed by atoms with Gasteiger partial charge in [-0.1, -0.05) is 0 Å². The van der Waals surface area contributed by atoms with E-state index in [0.717, 1.165) is 22.9 Å². The fourth-order valence-corrected chi connectivity index (χ4v) is 1.44. The van der Waals surface area contributed by atoms with Crippen molar-refractivity contribution in [3.05, 3.63) is 36.0 Å². The Morgan fingerprint density at radius 1 is 1.40 bits per heavy atom. The van der Waals surface area contributed by atoms with Crippen LogP contribution in [0.1, 0.15) is 17.3 Å². The molecule has 0 radical (unpaired) electrons. The van der Waals surface area contributed by atoms with E-state index in [2.05, 4.69) is 4.98 Å². The van der Waals surface area contributed by atoms with Gasteiger partial charge in [-0.15, -0.1) is 0 Å². The Kier molecular flexibility index (Phi) is 2.63. The first-order valence-corrected chi connectivity index (χ1v) is 4.81. The van der Waals surface area contributed by atoms with E-state index in [1.54, 1.807) is 6.20 Å². The number of nitrogens with zero attached hydrogens (tertiary/aromatic N) is 1. The van der Waals surface area contributed by atoms with Gasteiger partial charge in [-0.3, -0.25) is 9.78 Å². The predicted molar refractivity (Wildman–Crippen MR) is 58.3 cm³/mol. The zero-order valence-electron chi connectivity index (χ0n) is 8.43. The smallest absolute Gasteiger partial charge is 0.151 e. The highest BCUT2D eigenvalue weighted by atomic mass is 16.5. The fraction of sp³-hybridized carbons (Fsp3) is 0.167. The molecule has 0 spiro atoms. The molecule has 0 aliphatic rings. The average molecular weight is 201 g/mol. The van der Waals surface area contributed by atoms with Crippen LogP contribution in [0.4, 0.5) is 0 Å². The molecule has 1 aromatic carbocycles. The van der Waals surface area contributed by atoms with Gasteiger partial charge in [0.25, 0.3) is 0 Å². The third-order valence-electron chi connectivity index (χ3n) is 2.12. The quantitative estimate of drug-likeness (QED) is 0.716. The highest BCUT2D eigenvalue weighted by Crippen LogP contribution is 2.19. The maximum Gasteiger partial charge on any atom is 0.151 e. The van der Waals surface area contributed by atoms with Crippen LogP contribution in [-0.4, -0.2) is 17.9 Å². The van der Waals surface area contributed by atoms with Crippen molar-refractivity contribution < 1.29 is 9.53 Å². The molecule has 0 saturated carbocycles. The lowest BCUT2D eigenvalue weighted by Gasteiger charge is -2.04. The predicted octanol–water partition coefficient (Wildman–Crippen LogP) is 2.45. The van der Waals surface area contributed by atoms with E-state index in [1.807, 2.05) is 31.2 Å². The SMILES string of the molecule is CCOc1ccc2cc(C=O)cnc2c1. The molecule has 0 fully saturated rings. The summed E-state index contributed by atoms with van der Waals surface area (Å²) >= 11 is 0. The van der Waals surface area contributed by atoms with Gasteiger partial charge in [0, 0.05) is 23.2 Å². The molecule has 0 N–H and O–H groups in total. The number of rotatable bonds is 3. The second-order valence-electron chi connectivity index (χ2n) is 3.17. The zero-order valence-corrected chi connectivity index (χ0v) is 8.43. The zero-order chi connectivity index (χ0) is 10.7. The Morgan fingerprint density at radius 2 is 2.27 bits per heavy atom. The van der Waals surface area contributed by atoms with Crippen LogP contribution in [0.3, 0.4) is 0 Å². The number of aldehydes is 1. The molecule has 1 aromatic heterocycles. The Hall–Kier alpha value is -1.90. The van der Waals surface area contributed by atoms with Gasteiger partial charge in [-0.2, -0.15) is 0 Å². The third kappa shape index (κ3) is 1.96. The van der Waals surface area contributed by atoms with Gasteiger partial charge in [0.05, 0.1) is 12.1 Å².